The van der Waals surface area contributed by atoms with Gasteiger partial charge in [0.15, 0.2) is 11.9 Å². The second-order valence-corrected chi connectivity index (χ2v) is 5.50. The molecule has 7 nitrogen and oxygen atoms in total. The van der Waals surface area contributed by atoms with Gasteiger partial charge in [-0.2, -0.15) is 0 Å². The van der Waals surface area contributed by atoms with Crippen molar-refractivity contribution >= 4 is 5.97 Å². The van der Waals surface area contributed by atoms with Crippen LogP contribution in [0.3, 0.4) is 0 Å². The Kier molecular flexibility index (Phi) is 4.66. The van der Waals surface area contributed by atoms with Crippen molar-refractivity contribution in [1.29, 1.82) is 0 Å². The first-order chi connectivity index (χ1) is 9.34. The van der Waals surface area contributed by atoms with E-state index in [0.29, 0.717) is 0 Å². The van der Waals surface area contributed by atoms with Crippen LogP contribution in [0.4, 0.5) is 0 Å². The summed E-state index contributed by atoms with van der Waals surface area (Å²) >= 11 is 0. The number of aliphatic hydroxyl groups is 2. The van der Waals surface area contributed by atoms with E-state index in [4.69, 9.17) is 18.9 Å². The van der Waals surface area contributed by atoms with E-state index >= 15 is 0 Å². The standard InChI is InChI=1S/C13H22O7/c1-4-17-12(16)8-5-7(14)10(15)11(19-8)9-6-18-13(2,3)20-9/h7-11,14-15H,4-6H2,1-3H3/t7-,8+,9+,10-,11+/m0/s1. The maximum Gasteiger partial charge on any atom is 0.335 e. The van der Waals surface area contributed by atoms with Crippen molar-refractivity contribution in [2.45, 2.75) is 63.5 Å². The van der Waals surface area contributed by atoms with Crippen LogP contribution in [-0.2, 0) is 23.7 Å². The highest BCUT2D eigenvalue weighted by atomic mass is 16.8. The predicted molar refractivity (Wildman–Crippen MR) is 66.8 cm³/mol. The van der Waals surface area contributed by atoms with Gasteiger partial charge in [0.05, 0.1) is 19.3 Å². The molecule has 0 saturated carbocycles. The third-order valence-corrected chi connectivity index (χ3v) is 3.45. The molecule has 2 aliphatic rings. The summed E-state index contributed by atoms with van der Waals surface area (Å²) in [7, 11) is 0. The van der Waals surface area contributed by atoms with Crippen LogP contribution in [0.2, 0.25) is 0 Å². The normalized spacial score (nSPS) is 40.5. The molecule has 2 N–H and O–H groups in total. The number of hydrogen-bond donors (Lipinski definition) is 2. The predicted octanol–water partition coefficient (Wildman–Crippen LogP) is -0.420. The summed E-state index contributed by atoms with van der Waals surface area (Å²) in [6.07, 6.45) is -4.43. The highest BCUT2D eigenvalue weighted by Crippen LogP contribution is 2.31. The fourth-order valence-electron chi connectivity index (χ4n) is 2.48. The lowest BCUT2D eigenvalue weighted by molar-refractivity contribution is -0.223. The highest BCUT2D eigenvalue weighted by Gasteiger charge is 2.48. The van der Waals surface area contributed by atoms with Crippen LogP contribution in [0, 0.1) is 0 Å². The van der Waals surface area contributed by atoms with Crippen molar-refractivity contribution in [3.63, 3.8) is 0 Å². The molecule has 20 heavy (non-hydrogen) atoms. The monoisotopic (exact) mass is 290 g/mol. The van der Waals surface area contributed by atoms with Gasteiger partial charge < -0.3 is 29.2 Å². The Hall–Kier alpha value is -0.730. The number of carbonyl (C=O) groups excluding carboxylic acids is 1. The second kappa shape index (κ2) is 5.95. The molecule has 0 aromatic carbocycles. The summed E-state index contributed by atoms with van der Waals surface area (Å²) in [5, 5.41) is 19.9. The van der Waals surface area contributed by atoms with Crippen LogP contribution in [-0.4, -0.2) is 65.7 Å². The molecule has 2 heterocycles. The van der Waals surface area contributed by atoms with Crippen molar-refractivity contribution < 1.29 is 34.0 Å². The zero-order valence-corrected chi connectivity index (χ0v) is 11.9. The van der Waals surface area contributed by atoms with Gasteiger partial charge in [0.1, 0.15) is 18.3 Å². The van der Waals surface area contributed by atoms with Gasteiger partial charge in [-0.15, -0.1) is 0 Å². The van der Waals surface area contributed by atoms with E-state index in [1.54, 1.807) is 20.8 Å². The number of aliphatic hydroxyl groups excluding tert-OH is 2. The smallest absolute Gasteiger partial charge is 0.335 e. The lowest BCUT2D eigenvalue weighted by atomic mass is 9.94. The third-order valence-electron chi connectivity index (χ3n) is 3.45. The van der Waals surface area contributed by atoms with Crippen molar-refractivity contribution in [3.05, 3.63) is 0 Å². The van der Waals surface area contributed by atoms with E-state index in [-0.39, 0.29) is 19.6 Å². The molecule has 5 atom stereocenters. The Morgan fingerprint density at radius 1 is 1.40 bits per heavy atom. The maximum atomic E-state index is 11.7. The molecular weight excluding hydrogens is 268 g/mol. The lowest BCUT2D eigenvalue weighted by Crippen LogP contribution is -2.56. The molecule has 0 amide bonds. The van der Waals surface area contributed by atoms with Gasteiger partial charge in [0, 0.05) is 6.42 Å². The lowest BCUT2D eigenvalue weighted by Gasteiger charge is -2.38. The van der Waals surface area contributed by atoms with Crippen molar-refractivity contribution in [1.82, 2.24) is 0 Å². The van der Waals surface area contributed by atoms with Crippen molar-refractivity contribution in [3.8, 4) is 0 Å². The Bertz CT molecular complexity index is 357. The zero-order valence-electron chi connectivity index (χ0n) is 11.9. The van der Waals surface area contributed by atoms with Crippen LogP contribution in [0.5, 0.6) is 0 Å². The minimum atomic E-state index is -1.12. The minimum absolute atomic E-state index is 0.00741. The SMILES string of the molecule is CCOC(=O)[C@H]1C[C@H](O)[C@H](O)[C@@H]([C@H]2COC(C)(C)O2)O1. The van der Waals surface area contributed by atoms with E-state index in [1.165, 1.54) is 0 Å². The molecule has 2 rings (SSSR count). The Balaban J connectivity index is 2.05. The number of rotatable bonds is 3. The molecule has 2 fully saturated rings. The van der Waals surface area contributed by atoms with Crippen LogP contribution in [0.1, 0.15) is 27.2 Å². The highest BCUT2D eigenvalue weighted by molar-refractivity contribution is 5.74. The molecule has 2 aliphatic heterocycles. The molecule has 2 saturated heterocycles. The Morgan fingerprint density at radius 2 is 2.10 bits per heavy atom. The van der Waals surface area contributed by atoms with Crippen LogP contribution in [0.15, 0.2) is 0 Å². The Morgan fingerprint density at radius 3 is 2.65 bits per heavy atom. The van der Waals surface area contributed by atoms with Gasteiger partial charge in [0.25, 0.3) is 0 Å². The number of carbonyl (C=O) groups is 1. The van der Waals surface area contributed by atoms with E-state index < -0.39 is 42.3 Å². The summed E-state index contributed by atoms with van der Waals surface area (Å²) in [5.41, 5.74) is 0. The van der Waals surface area contributed by atoms with Gasteiger partial charge in [-0.05, 0) is 20.8 Å². The largest absolute Gasteiger partial charge is 0.464 e. The molecule has 0 spiro atoms. The molecule has 0 bridgehead atoms. The van der Waals surface area contributed by atoms with Crippen LogP contribution >= 0.6 is 0 Å². The zero-order chi connectivity index (χ0) is 14.9. The Labute approximate surface area is 117 Å². The molecule has 7 heteroatoms. The average Bonchev–Trinajstić information content (AvgIpc) is 2.73. The summed E-state index contributed by atoms with van der Waals surface area (Å²) < 4.78 is 21.5. The second-order valence-electron chi connectivity index (χ2n) is 5.50. The summed E-state index contributed by atoms with van der Waals surface area (Å²) in [5.74, 6) is -1.31. The first kappa shape index (κ1) is 15.7. The molecule has 0 unspecified atom stereocenters. The molecule has 116 valence electrons. The molecular formula is C13H22O7. The number of hydrogen-bond acceptors (Lipinski definition) is 7. The fraction of sp³-hybridized carbons (Fsp3) is 0.923. The van der Waals surface area contributed by atoms with Crippen LogP contribution in [0.25, 0.3) is 0 Å². The molecule has 0 aliphatic carbocycles. The molecule has 0 radical (unpaired) electrons. The number of ether oxygens (including phenoxy) is 4. The van der Waals surface area contributed by atoms with Crippen LogP contribution < -0.4 is 0 Å². The van der Waals surface area contributed by atoms with Gasteiger partial charge in [0.2, 0.25) is 0 Å². The molecule has 0 aromatic rings. The quantitative estimate of drug-likeness (QED) is 0.682. The fourth-order valence-corrected chi connectivity index (χ4v) is 2.48. The van der Waals surface area contributed by atoms with Gasteiger partial charge in [-0.1, -0.05) is 0 Å². The summed E-state index contributed by atoms with van der Waals surface area (Å²) in [6.45, 7) is 5.66. The van der Waals surface area contributed by atoms with E-state index in [0.717, 1.165) is 0 Å². The van der Waals surface area contributed by atoms with Crippen molar-refractivity contribution in [2.24, 2.45) is 0 Å². The van der Waals surface area contributed by atoms with E-state index in [2.05, 4.69) is 0 Å². The topological polar surface area (TPSA) is 94.5 Å². The third kappa shape index (κ3) is 3.29. The average molecular weight is 290 g/mol. The first-order valence-corrected chi connectivity index (χ1v) is 6.84. The van der Waals surface area contributed by atoms with E-state index in [1.807, 2.05) is 0 Å². The maximum absolute atomic E-state index is 11.7. The minimum Gasteiger partial charge on any atom is -0.464 e. The van der Waals surface area contributed by atoms with Gasteiger partial charge in [-0.3, -0.25) is 0 Å². The van der Waals surface area contributed by atoms with Gasteiger partial charge >= 0.3 is 5.97 Å². The van der Waals surface area contributed by atoms with E-state index in [9.17, 15) is 15.0 Å². The van der Waals surface area contributed by atoms with Gasteiger partial charge in [-0.25, -0.2) is 4.79 Å². The molecule has 0 aromatic heterocycles. The number of esters is 1. The van der Waals surface area contributed by atoms with Crippen molar-refractivity contribution in [2.75, 3.05) is 13.2 Å². The first-order valence-electron chi connectivity index (χ1n) is 6.84. The summed E-state index contributed by atoms with van der Waals surface area (Å²) in [6, 6.07) is 0. The summed E-state index contributed by atoms with van der Waals surface area (Å²) in [4.78, 5) is 11.7.